The molecule has 4 N–H and O–H groups in total. The Morgan fingerprint density at radius 1 is 0.939 bits per heavy atom. The number of nitrogen functional groups attached to an aromatic ring is 2. The predicted molar refractivity (Wildman–Crippen MR) is 124 cm³/mol. The summed E-state index contributed by atoms with van der Waals surface area (Å²) in [5, 5.41) is 8.53. The second kappa shape index (κ2) is 11.0. The van der Waals surface area contributed by atoms with Gasteiger partial charge < -0.3 is 25.7 Å². The van der Waals surface area contributed by atoms with Crippen LogP contribution in [0.25, 0.3) is 17.2 Å². The van der Waals surface area contributed by atoms with Crippen LogP contribution >= 0.6 is 0 Å². The fourth-order valence-electron chi connectivity index (χ4n) is 2.82. The van der Waals surface area contributed by atoms with Gasteiger partial charge in [0.2, 0.25) is 0 Å². The molecule has 0 aliphatic rings. The zero-order valence-corrected chi connectivity index (χ0v) is 17.6. The van der Waals surface area contributed by atoms with E-state index in [2.05, 4.69) is 0 Å². The van der Waals surface area contributed by atoms with E-state index < -0.39 is 11.9 Å². The summed E-state index contributed by atoms with van der Waals surface area (Å²) in [5.41, 5.74) is 14.8. The zero-order chi connectivity index (χ0) is 23.6. The largest absolute Gasteiger partial charge is 0.462 e. The number of anilines is 2. The summed E-state index contributed by atoms with van der Waals surface area (Å²) < 4.78 is 14.9. The van der Waals surface area contributed by atoms with Gasteiger partial charge >= 0.3 is 11.9 Å². The maximum absolute atomic E-state index is 11.9. The van der Waals surface area contributed by atoms with Crippen LogP contribution in [-0.4, -0.2) is 18.5 Å². The summed E-state index contributed by atoms with van der Waals surface area (Å²) in [6, 6.07) is 19.2. The first-order valence-electron chi connectivity index (χ1n) is 9.91. The number of hydrogen-bond donors (Lipinski definition) is 2. The Hall–Kier alpha value is -4.77. The molecule has 0 aliphatic heterocycles. The van der Waals surface area contributed by atoms with Crippen molar-refractivity contribution < 1.29 is 23.8 Å². The Kier molecular flexibility index (Phi) is 7.65. The summed E-state index contributed by atoms with van der Waals surface area (Å²) in [6.45, 7) is -0.130. The monoisotopic (exact) mass is 443 g/mol. The highest BCUT2D eigenvalue weighted by atomic mass is 16.5. The zero-order valence-electron chi connectivity index (χ0n) is 17.6. The number of nitrogens with zero attached hydrogens (tertiary/aromatic N) is 1. The summed E-state index contributed by atoms with van der Waals surface area (Å²) >= 11 is 0. The van der Waals surface area contributed by atoms with Crippen LogP contribution in [-0.2, 0) is 14.3 Å². The molecule has 0 aliphatic carbocycles. The lowest BCUT2D eigenvalue weighted by molar-refractivity contribution is -0.141. The molecule has 0 atom stereocenters. The van der Waals surface area contributed by atoms with Gasteiger partial charge in [0, 0.05) is 17.8 Å². The average Bonchev–Trinajstić information content (AvgIpc) is 2.81. The Morgan fingerprint density at radius 2 is 1.61 bits per heavy atom. The van der Waals surface area contributed by atoms with Crippen LogP contribution in [0.2, 0.25) is 0 Å². The van der Waals surface area contributed by atoms with Crippen molar-refractivity contribution in [2.24, 2.45) is 0 Å². The van der Waals surface area contributed by atoms with Gasteiger partial charge in [-0.05, 0) is 47.0 Å². The quantitative estimate of drug-likeness (QED) is 0.176. The van der Waals surface area contributed by atoms with E-state index in [9.17, 15) is 9.59 Å². The molecule has 0 spiro atoms. The van der Waals surface area contributed by atoms with E-state index in [0.717, 1.165) is 16.7 Å². The van der Waals surface area contributed by atoms with Gasteiger partial charge in [-0.2, -0.15) is 0 Å². The fourth-order valence-corrected chi connectivity index (χ4v) is 2.82. The first-order valence-corrected chi connectivity index (χ1v) is 9.91. The summed E-state index contributed by atoms with van der Waals surface area (Å²) in [6.07, 6.45) is 4.40. The van der Waals surface area contributed by atoms with E-state index in [0.29, 0.717) is 11.4 Å². The van der Waals surface area contributed by atoms with Crippen molar-refractivity contribution in [2.75, 3.05) is 18.1 Å². The number of hydrogen-bond acceptors (Lipinski definition) is 8. The van der Waals surface area contributed by atoms with E-state index in [-0.39, 0.29) is 24.5 Å². The third-order valence-corrected chi connectivity index (χ3v) is 4.49. The van der Waals surface area contributed by atoms with Crippen LogP contribution in [0.15, 0.2) is 72.8 Å². The Labute approximate surface area is 190 Å². The third-order valence-electron chi connectivity index (χ3n) is 4.49. The molecule has 8 nitrogen and oxygen atoms in total. The third kappa shape index (κ3) is 6.87. The molecule has 33 heavy (non-hydrogen) atoms. The molecule has 3 aromatic carbocycles. The van der Waals surface area contributed by atoms with Crippen molar-refractivity contribution in [3.8, 4) is 28.9 Å². The molecule has 3 rings (SSSR count). The topological polar surface area (TPSA) is 138 Å². The van der Waals surface area contributed by atoms with Crippen LogP contribution in [0.5, 0.6) is 11.5 Å². The van der Waals surface area contributed by atoms with Gasteiger partial charge in [-0.25, -0.2) is 4.79 Å². The van der Waals surface area contributed by atoms with Gasteiger partial charge in [-0.15, -0.1) is 5.26 Å². The van der Waals surface area contributed by atoms with Crippen LogP contribution in [0.3, 0.4) is 0 Å². The predicted octanol–water partition coefficient (Wildman–Crippen LogP) is 3.93. The van der Waals surface area contributed by atoms with E-state index in [1.165, 1.54) is 18.2 Å². The molecule has 166 valence electrons. The number of nitrogens with two attached hydrogens (primary N) is 2. The highest BCUT2D eigenvalue weighted by Crippen LogP contribution is 2.24. The molecule has 8 heteroatoms. The molecular weight excluding hydrogens is 422 g/mol. The number of ether oxygens (including phenoxy) is 3. The summed E-state index contributed by atoms with van der Waals surface area (Å²) in [5.74, 6) is -0.530. The van der Waals surface area contributed by atoms with Crippen LogP contribution in [0, 0.1) is 11.5 Å². The van der Waals surface area contributed by atoms with Gasteiger partial charge in [0.15, 0.2) is 5.75 Å². The second-order valence-corrected chi connectivity index (χ2v) is 6.86. The molecule has 0 fully saturated rings. The van der Waals surface area contributed by atoms with E-state index in [1.54, 1.807) is 30.5 Å². The molecule has 0 saturated carbocycles. The van der Waals surface area contributed by atoms with Crippen molar-refractivity contribution in [2.45, 2.75) is 6.42 Å². The molecule has 0 unspecified atom stereocenters. The SMILES string of the molecule is N#COc1ccc(-c2ccc(/C=C/C(=O)OCCC(=O)Oc3cc(N)ccc3N)cc2)cc1. The molecule has 0 saturated heterocycles. The van der Waals surface area contributed by atoms with Crippen LogP contribution < -0.4 is 20.9 Å². The Bertz CT molecular complexity index is 1200. The highest BCUT2D eigenvalue weighted by molar-refractivity contribution is 5.87. The summed E-state index contributed by atoms with van der Waals surface area (Å²) in [4.78, 5) is 23.8. The van der Waals surface area contributed by atoms with E-state index in [1.807, 2.05) is 36.4 Å². The number of nitriles is 1. The number of carbonyl (C=O) groups excluding carboxylic acids is 2. The van der Waals surface area contributed by atoms with Crippen molar-refractivity contribution >= 4 is 29.4 Å². The van der Waals surface area contributed by atoms with Crippen molar-refractivity contribution in [1.82, 2.24) is 0 Å². The molecule has 0 heterocycles. The fraction of sp³-hybridized carbons (Fsp3) is 0.0800. The Morgan fingerprint density at radius 3 is 2.27 bits per heavy atom. The highest BCUT2D eigenvalue weighted by Gasteiger charge is 2.09. The van der Waals surface area contributed by atoms with Crippen LogP contribution in [0.1, 0.15) is 12.0 Å². The van der Waals surface area contributed by atoms with E-state index in [4.69, 9.17) is 30.9 Å². The lowest BCUT2D eigenvalue weighted by Crippen LogP contribution is -2.14. The molecular formula is C25H21N3O5. The first kappa shape index (κ1) is 22.9. The molecule has 0 bridgehead atoms. The number of esters is 2. The molecule has 0 aromatic heterocycles. The first-order chi connectivity index (χ1) is 15.9. The lowest BCUT2D eigenvalue weighted by Gasteiger charge is -2.08. The Balaban J connectivity index is 1.45. The average molecular weight is 443 g/mol. The molecule has 0 radical (unpaired) electrons. The molecule has 3 aromatic rings. The standard InChI is InChI=1S/C25H21N3O5/c26-16-32-21-9-6-19(7-10-21)18-4-1-17(2-5-18)3-12-24(29)31-14-13-25(30)33-23-15-20(27)8-11-22(23)28/h1-12,15H,13-14,27-28H2/b12-3+. The smallest absolute Gasteiger partial charge is 0.330 e. The number of benzene rings is 3. The normalized spacial score (nSPS) is 10.4. The maximum atomic E-state index is 11.9. The minimum absolute atomic E-state index is 0.124. The number of rotatable bonds is 8. The van der Waals surface area contributed by atoms with Gasteiger partial charge in [-0.3, -0.25) is 4.79 Å². The van der Waals surface area contributed by atoms with Gasteiger partial charge in [0.05, 0.1) is 12.1 Å². The van der Waals surface area contributed by atoms with Crippen molar-refractivity contribution in [1.29, 1.82) is 5.26 Å². The van der Waals surface area contributed by atoms with Crippen molar-refractivity contribution in [3.63, 3.8) is 0 Å². The van der Waals surface area contributed by atoms with Gasteiger partial charge in [0.25, 0.3) is 6.26 Å². The van der Waals surface area contributed by atoms with Crippen molar-refractivity contribution in [3.05, 3.63) is 78.4 Å². The van der Waals surface area contributed by atoms with Crippen LogP contribution in [0.4, 0.5) is 11.4 Å². The second-order valence-electron chi connectivity index (χ2n) is 6.86. The van der Waals surface area contributed by atoms with E-state index >= 15 is 0 Å². The minimum Gasteiger partial charge on any atom is -0.462 e. The number of carbonyl (C=O) groups is 2. The maximum Gasteiger partial charge on any atom is 0.330 e. The summed E-state index contributed by atoms with van der Waals surface area (Å²) in [7, 11) is 0. The molecule has 0 amide bonds. The lowest BCUT2D eigenvalue weighted by atomic mass is 10.0. The minimum atomic E-state index is -0.591. The van der Waals surface area contributed by atoms with Gasteiger partial charge in [-0.1, -0.05) is 36.4 Å². The van der Waals surface area contributed by atoms with Gasteiger partial charge in [0.1, 0.15) is 12.4 Å².